The molecule has 0 fully saturated rings. The quantitative estimate of drug-likeness (QED) is 0.522. The zero-order valence-electron chi connectivity index (χ0n) is 9.85. The zero-order chi connectivity index (χ0) is 10.8. The fraction of sp³-hybridized carbons (Fsp3) is 0.692. The molecule has 1 nitrogen and oxygen atoms in total. The molecule has 1 aliphatic rings. The number of aliphatic hydroxyl groups excluding tert-OH is 1. The summed E-state index contributed by atoms with van der Waals surface area (Å²) in [7, 11) is 0. The van der Waals surface area contributed by atoms with Crippen molar-refractivity contribution in [1.82, 2.24) is 0 Å². The second-order valence-electron chi connectivity index (χ2n) is 5.03. The number of rotatable bonds is 3. The Hall–Kier alpha value is -0.720. The molecule has 1 rings (SSSR count). The summed E-state index contributed by atoms with van der Waals surface area (Å²) in [6, 6.07) is 0. The average Bonchev–Trinajstić information content (AvgIpc) is 2.54. The fourth-order valence-corrected chi connectivity index (χ4v) is 2.09. The molecule has 0 unspecified atom stereocenters. The molecule has 14 heavy (non-hydrogen) atoms. The fourth-order valence-electron chi connectivity index (χ4n) is 2.09. The molecule has 0 aromatic carbocycles. The van der Waals surface area contributed by atoms with E-state index in [0.29, 0.717) is 5.76 Å². The van der Waals surface area contributed by atoms with Crippen molar-refractivity contribution in [2.45, 2.75) is 53.4 Å². The molecule has 0 amide bonds. The van der Waals surface area contributed by atoms with Gasteiger partial charge in [0.15, 0.2) is 0 Å². The molecular formula is C13H22O. The number of allylic oxidation sites excluding steroid dienone is 4. The van der Waals surface area contributed by atoms with Crippen molar-refractivity contribution < 1.29 is 5.11 Å². The second-order valence-corrected chi connectivity index (χ2v) is 5.03. The molecule has 1 aliphatic carbocycles. The molecule has 80 valence electrons. The van der Waals surface area contributed by atoms with Crippen molar-refractivity contribution in [2.24, 2.45) is 5.41 Å². The molecule has 0 saturated heterocycles. The van der Waals surface area contributed by atoms with Gasteiger partial charge in [-0.15, -0.1) is 0 Å². The van der Waals surface area contributed by atoms with Crippen LogP contribution in [0.4, 0.5) is 0 Å². The predicted molar refractivity (Wildman–Crippen MR) is 61.3 cm³/mol. The Morgan fingerprint density at radius 2 is 2.07 bits per heavy atom. The van der Waals surface area contributed by atoms with Gasteiger partial charge in [0, 0.05) is 0 Å². The highest BCUT2D eigenvalue weighted by molar-refractivity contribution is 5.19. The Labute approximate surface area is 87.5 Å². The maximum Gasteiger partial charge on any atom is 0.0886 e. The Morgan fingerprint density at radius 3 is 2.50 bits per heavy atom. The van der Waals surface area contributed by atoms with E-state index in [1.165, 1.54) is 19.3 Å². The van der Waals surface area contributed by atoms with Crippen LogP contribution in [0.15, 0.2) is 23.0 Å². The van der Waals surface area contributed by atoms with Gasteiger partial charge in [0.1, 0.15) is 0 Å². The smallest absolute Gasteiger partial charge is 0.0886 e. The SMILES string of the molecule is C/C(O)=C(/C)C(C)(C)CC1=CCCC1. The van der Waals surface area contributed by atoms with Crippen molar-refractivity contribution in [3.8, 4) is 0 Å². The summed E-state index contributed by atoms with van der Waals surface area (Å²) < 4.78 is 0. The molecule has 0 atom stereocenters. The van der Waals surface area contributed by atoms with Gasteiger partial charge in [0.05, 0.1) is 5.76 Å². The number of hydrogen-bond acceptors (Lipinski definition) is 1. The lowest BCUT2D eigenvalue weighted by Gasteiger charge is -2.27. The molecule has 0 saturated carbocycles. The monoisotopic (exact) mass is 194 g/mol. The van der Waals surface area contributed by atoms with Gasteiger partial charge in [-0.25, -0.2) is 0 Å². The van der Waals surface area contributed by atoms with Gasteiger partial charge < -0.3 is 5.11 Å². The summed E-state index contributed by atoms with van der Waals surface area (Å²) >= 11 is 0. The highest BCUT2D eigenvalue weighted by atomic mass is 16.3. The van der Waals surface area contributed by atoms with Gasteiger partial charge in [0.2, 0.25) is 0 Å². The van der Waals surface area contributed by atoms with Crippen LogP contribution in [0.25, 0.3) is 0 Å². The van der Waals surface area contributed by atoms with E-state index in [9.17, 15) is 5.11 Å². The van der Waals surface area contributed by atoms with E-state index in [2.05, 4.69) is 19.9 Å². The molecule has 0 aliphatic heterocycles. The zero-order valence-corrected chi connectivity index (χ0v) is 9.85. The van der Waals surface area contributed by atoms with Crippen LogP contribution in [0.3, 0.4) is 0 Å². The maximum absolute atomic E-state index is 9.49. The van der Waals surface area contributed by atoms with Crippen LogP contribution in [-0.2, 0) is 0 Å². The first-order valence-corrected chi connectivity index (χ1v) is 5.48. The van der Waals surface area contributed by atoms with E-state index in [0.717, 1.165) is 12.0 Å². The molecule has 0 bridgehead atoms. The topological polar surface area (TPSA) is 20.2 Å². The Balaban J connectivity index is 2.70. The van der Waals surface area contributed by atoms with Gasteiger partial charge >= 0.3 is 0 Å². The molecule has 1 heteroatoms. The van der Waals surface area contributed by atoms with E-state index in [4.69, 9.17) is 0 Å². The van der Waals surface area contributed by atoms with E-state index in [-0.39, 0.29) is 5.41 Å². The van der Waals surface area contributed by atoms with Crippen molar-refractivity contribution in [3.05, 3.63) is 23.0 Å². The van der Waals surface area contributed by atoms with Crippen LogP contribution in [-0.4, -0.2) is 5.11 Å². The lowest BCUT2D eigenvalue weighted by molar-refractivity contribution is 0.359. The molecule has 0 radical (unpaired) electrons. The Bertz CT molecular complexity index is 265. The highest BCUT2D eigenvalue weighted by Crippen LogP contribution is 2.37. The molecule has 0 spiro atoms. The Kier molecular flexibility index (Phi) is 3.41. The maximum atomic E-state index is 9.49. The first-order chi connectivity index (χ1) is 6.43. The molecule has 1 N–H and O–H groups in total. The van der Waals surface area contributed by atoms with Crippen molar-refractivity contribution in [2.75, 3.05) is 0 Å². The number of aliphatic hydroxyl groups is 1. The van der Waals surface area contributed by atoms with Crippen molar-refractivity contribution in [3.63, 3.8) is 0 Å². The first kappa shape index (κ1) is 11.4. The van der Waals surface area contributed by atoms with Crippen molar-refractivity contribution in [1.29, 1.82) is 0 Å². The normalized spacial score (nSPS) is 19.3. The van der Waals surface area contributed by atoms with Crippen LogP contribution in [0.1, 0.15) is 53.4 Å². The summed E-state index contributed by atoms with van der Waals surface area (Å²) in [5, 5.41) is 9.49. The summed E-state index contributed by atoms with van der Waals surface area (Å²) in [4.78, 5) is 0. The molecule has 0 aromatic rings. The van der Waals surface area contributed by atoms with Crippen LogP contribution in [0.2, 0.25) is 0 Å². The van der Waals surface area contributed by atoms with E-state index in [1.807, 2.05) is 6.92 Å². The average molecular weight is 194 g/mol. The predicted octanol–water partition coefficient (Wildman–Crippen LogP) is 4.36. The van der Waals surface area contributed by atoms with Gasteiger partial charge in [-0.1, -0.05) is 25.5 Å². The lowest BCUT2D eigenvalue weighted by atomic mass is 9.78. The highest BCUT2D eigenvalue weighted by Gasteiger charge is 2.24. The molecular weight excluding hydrogens is 172 g/mol. The van der Waals surface area contributed by atoms with Crippen LogP contribution in [0.5, 0.6) is 0 Å². The van der Waals surface area contributed by atoms with Crippen LogP contribution in [0, 0.1) is 5.41 Å². The summed E-state index contributed by atoms with van der Waals surface area (Å²) in [6.45, 7) is 8.23. The third-order valence-corrected chi connectivity index (χ3v) is 3.36. The first-order valence-electron chi connectivity index (χ1n) is 5.48. The molecule has 0 heterocycles. The summed E-state index contributed by atoms with van der Waals surface area (Å²) in [5.41, 5.74) is 2.79. The van der Waals surface area contributed by atoms with Gasteiger partial charge in [-0.3, -0.25) is 0 Å². The van der Waals surface area contributed by atoms with Gasteiger partial charge in [-0.05, 0) is 50.5 Å². The third-order valence-electron chi connectivity index (χ3n) is 3.36. The summed E-state index contributed by atoms with van der Waals surface area (Å²) in [6.07, 6.45) is 7.26. The summed E-state index contributed by atoms with van der Waals surface area (Å²) in [5.74, 6) is 0.480. The third kappa shape index (κ3) is 2.63. The second kappa shape index (κ2) is 4.20. The Morgan fingerprint density at radius 1 is 1.43 bits per heavy atom. The minimum atomic E-state index is 0.106. The van der Waals surface area contributed by atoms with Crippen LogP contribution >= 0.6 is 0 Å². The van der Waals surface area contributed by atoms with E-state index >= 15 is 0 Å². The van der Waals surface area contributed by atoms with Crippen molar-refractivity contribution >= 4 is 0 Å². The molecule has 0 aromatic heterocycles. The van der Waals surface area contributed by atoms with Gasteiger partial charge in [0.25, 0.3) is 0 Å². The lowest BCUT2D eigenvalue weighted by Crippen LogP contribution is -2.15. The largest absolute Gasteiger partial charge is 0.513 e. The van der Waals surface area contributed by atoms with E-state index in [1.54, 1.807) is 12.5 Å². The minimum Gasteiger partial charge on any atom is -0.513 e. The minimum absolute atomic E-state index is 0.106. The number of hydrogen-bond donors (Lipinski definition) is 1. The van der Waals surface area contributed by atoms with Crippen LogP contribution < -0.4 is 0 Å². The van der Waals surface area contributed by atoms with Gasteiger partial charge in [-0.2, -0.15) is 0 Å². The standard InChI is InChI=1S/C13H22O/c1-10(11(2)14)13(3,4)9-12-7-5-6-8-12/h7,14H,5-6,8-9H2,1-4H3/b11-10+. The van der Waals surface area contributed by atoms with E-state index < -0.39 is 0 Å².